The first-order valence-electron chi connectivity index (χ1n) is 8.46. The minimum Gasteiger partial charge on any atom is -0.0683 e. The lowest BCUT2D eigenvalue weighted by Gasteiger charge is -2.02. The summed E-state index contributed by atoms with van der Waals surface area (Å²) in [6, 6.07) is 19.2. The molecule has 0 spiro atoms. The molecule has 0 fully saturated rings. The summed E-state index contributed by atoms with van der Waals surface area (Å²) in [6.07, 6.45) is 2.36. The Labute approximate surface area is 133 Å². The van der Waals surface area contributed by atoms with Crippen LogP contribution in [0.5, 0.6) is 0 Å². The van der Waals surface area contributed by atoms with Crippen LogP contribution in [0.2, 0.25) is 0 Å². The van der Waals surface area contributed by atoms with Crippen LogP contribution in [0.15, 0.2) is 54.6 Å². The summed E-state index contributed by atoms with van der Waals surface area (Å²) in [6.45, 7) is 14.4. The van der Waals surface area contributed by atoms with Gasteiger partial charge in [-0.25, -0.2) is 0 Å². The maximum Gasteiger partial charge on any atom is -0.0184 e. The molecule has 2 aromatic carbocycles. The van der Waals surface area contributed by atoms with Gasteiger partial charge in [0.15, 0.2) is 0 Å². The van der Waals surface area contributed by atoms with Crippen LogP contribution < -0.4 is 0 Å². The molecular weight excluding hydrogens is 252 g/mol. The summed E-state index contributed by atoms with van der Waals surface area (Å²) in [4.78, 5) is 0. The molecule has 0 heterocycles. The Morgan fingerprint density at radius 1 is 0.571 bits per heavy atom. The molecule has 0 heteroatoms. The van der Waals surface area contributed by atoms with Gasteiger partial charge < -0.3 is 0 Å². The van der Waals surface area contributed by atoms with Gasteiger partial charge in [-0.05, 0) is 23.1 Å². The highest BCUT2D eigenvalue weighted by Crippen LogP contribution is 2.19. The van der Waals surface area contributed by atoms with Crippen LogP contribution >= 0.6 is 0 Å². The van der Waals surface area contributed by atoms with Gasteiger partial charge in [0.2, 0.25) is 0 Å². The van der Waals surface area contributed by atoms with E-state index in [9.17, 15) is 0 Å². The fourth-order valence-corrected chi connectivity index (χ4v) is 1.56. The van der Waals surface area contributed by atoms with Crippen LogP contribution in [-0.2, 0) is 6.42 Å². The maximum atomic E-state index is 2.20. The fraction of sp³-hybridized carbons (Fsp3) is 0.429. The highest BCUT2D eigenvalue weighted by atomic mass is 14.0. The van der Waals surface area contributed by atoms with Crippen molar-refractivity contribution in [3.8, 4) is 11.1 Å². The number of aryl methyl sites for hydroxylation is 1. The van der Waals surface area contributed by atoms with Crippen molar-refractivity contribution < 1.29 is 0 Å². The molecule has 0 aromatic heterocycles. The lowest BCUT2D eigenvalue weighted by molar-refractivity contribution is 1.09. The van der Waals surface area contributed by atoms with Gasteiger partial charge in [-0.15, -0.1) is 0 Å². The van der Waals surface area contributed by atoms with E-state index in [1.807, 2.05) is 33.8 Å². The van der Waals surface area contributed by atoms with Gasteiger partial charge in [0.05, 0.1) is 0 Å². The Kier molecular flexibility index (Phi) is 17.1. The summed E-state index contributed by atoms with van der Waals surface area (Å²) < 4.78 is 0. The van der Waals surface area contributed by atoms with Crippen LogP contribution in [-0.4, -0.2) is 0 Å². The molecule has 0 saturated carbocycles. The summed E-state index contributed by atoms with van der Waals surface area (Å²) in [5.41, 5.74) is 3.97. The second kappa shape index (κ2) is 16.5. The first-order chi connectivity index (χ1) is 10.3. The summed E-state index contributed by atoms with van der Waals surface area (Å²) in [5.74, 6) is 0. The zero-order valence-corrected chi connectivity index (χ0v) is 15.1. The molecule has 0 N–H and O–H groups in total. The smallest absolute Gasteiger partial charge is 0.0184 e. The van der Waals surface area contributed by atoms with Gasteiger partial charge >= 0.3 is 0 Å². The highest BCUT2D eigenvalue weighted by molar-refractivity contribution is 5.63. The summed E-state index contributed by atoms with van der Waals surface area (Å²) >= 11 is 0. The number of benzene rings is 2. The monoisotopic (exact) mass is 286 g/mol. The molecule has 0 unspecified atom stereocenters. The van der Waals surface area contributed by atoms with E-state index >= 15 is 0 Å². The lowest BCUT2D eigenvalue weighted by Crippen LogP contribution is -1.80. The predicted octanol–water partition coefficient (Wildman–Crippen LogP) is 7.38. The van der Waals surface area contributed by atoms with Gasteiger partial charge in [-0.3, -0.25) is 0 Å². The third kappa shape index (κ3) is 9.90. The Morgan fingerprint density at radius 3 is 1.33 bits per heavy atom. The second-order valence-electron chi connectivity index (χ2n) is 4.12. The average molecular weight is 287 g/mol. The van der Waals surface area contributed by atoms with Crippen molar-refractivity contribution in [2.75, 3.05) is 0 Å². The van der Waals surface area contributed by atoms with Gasteiger partial charge in [0.25, 0.3) is 0 Å². The van der Waals surface area contributed by atoms with Crippen LogP contribution in [0, 0.1) is 0 Å². The Balaban J connectivity index is 0. The van der Waals surface area contributed by atoms with Crippen molar-refractivity contribution >= 4 is 0 Å². The summed E-state index contributed by atoms with van der Waals surface area (Å²) in [7, 11) is 0. The zero-order chi connectivity index (χ0) is 16.5. The quantitative estimate of drug-likeness (QED) is 0.540. The molecule has 0 saturated heterocycles. The van der Waals surface area contributed by atoms with Crippen molar-refractivity contribution in [2.24, 2.45) is 0 Å². The fourth-order valence-electron chi connectivity index (χ4n) is 1.56. The van der Waals surface area contributed by atoms with Crippen molar-refractivity contribution in [1.29, 1.82) is 0 Å². The largest absolute Gasteiger partial charge is 0.0683 e. The van der Waals surface area contributed by atoms with Crippen LogP contribution in [0.1, 0.15) is 60.5 Å². The van der Waals surface area contributed by atoms with Gasteiger partial charge in [-0.1, -0.05) is 109 Å². The van der Waals surface area contributed by atoms with Gasteiger partial charge in [-0.2, -0.15) is 0 Å². The number of rotatable bonds is 2. The minimum absolute atomic E-state index is 1.11. The Bertz CT molecular complexity index is 398. The van der Waals surface area contributed by atoms with E-state index in [2.05, 4.69) is 69.3 Å². The van der Waals surface area contributed by atoms with Crippen LogP contribution in [0.4, 0.5) is 0 Å². The Hall–Kier alpha value is -1.56. The molecular formula is C21H34. The van der Waals surface area contributed by atoms with E-state index in [1.165, 1.54) is 23.1 Å². The van der Waals surface area contributed by atoms with E-state index in [1.54, 1.807) is 0 Å². The van der Waals surface area contributed by atoms with Crippen molar-refractivity contribution in [2.45, 2.75) is 61.3 Å². The number of hydrogen-bond acceptors (Lipinski definition) is 0. The molecule has 0 atom stereocenters. The topological polar surface area (TPSA) is 0 Å². The third-order valence-corrected chi connectivity index (χ3v) is 2.47. The first-order valence-corrected chi connectivity index (χ1v) is 8.46. The van der Waals surface area contributed by atoms with Gasteiger partial charge in [0.1, 0.15) is 0 Å². The van der Waals surface area contributed by atoms with Crippen molar-refractivity contribution in [3.05, 3.63) is 60.2 Å². The molecule has 0 aliphatic carbocycles. The Morgan fingerprint density at radius 2 is 0.952 bits per heavy atom. The standard InChI is InChI=1S/C14H14.C3H8.2C2H6/c1-2-12-8-10-14(11-9-12)13-6-4-3-5-7-13;1-3-2;2*1-2/h3-11H,2H2,1H3;3H2,1-2H3;2*1-2H3. The molecule has 21 heavy (non-hydrogen) atoms. The average Bonchev–Trinajstić information content (AvgIpc) is 2.60. The first kappa shape index (κ1) is 21.7. The molecule has 2 aromatic rings. The van der Waals surface area contributed by atoms with E-state index in [4.69, 9.17) is 0 Å². The molecule has 0 bridgehead atoms. The SMILES string of the molecule is CC.CC.CCC.CCc1ccc(-c2ccccc2)cc1. The predicted molar refractivity (Wildman–Crippen MR) is 99.9 cm³/mol. The number of hydrogen-bond donors (Lipinski definition) is 0. The highest BCUT2D eigenvalue weighted by Gasteiger charge is 1.95. The summed E-state index contributed by atoms with van der Waals surface area (Å²) in [5, 5.41) is 0. The van der Waals surface area contributed by atoms with Crippen molar-refractivity contribution in [1.82, 2.24) is 0 Å². The second-order valence-corrected chi connectivity index (χ2v) is 4.12. The molecule has 0 nitrogen and oxygen atoms in total. The van der Waals surface area contributed by atoms with E-state index in [0.29, 0.717) is 0 Å². The van der Waals surface area contributed by atoms with E-state index < -0.39 is 0 Å². The normalized spacial score (nSPS) is 8.14. The van der Waals surface area contributed by atoms with E-state index in [-0.39, 0.29) is 0 Å². The molecule has 118 valence electrons. The molecule has 0 aliphatic rings. The zero-order valence-electron chi connectivity index (χ0n) is 15.1. The third-order valence-electron chi connectivity index (χ3n) is 2.47. The minimum atomic E-state index is 1.11. The molecule has 0 aliphatic heterocycles. The maximum absolute atomic E-state index is 2.20. The van der Waals surface area contributed by atoms with Crippen LogP contribution in [0.25, 0.3) is 11.1 Å². The van der Waals surface area contributed by atoms with Crippen molar-refractivity contribution in [3.63, 3.8) is 0 Å². The molecule has 2 rings (SSSR count). The molecule has 0 amide bonds. The van der Waals surface area contributed by atoms with Gasteiger partial charge in [0, 0.05) is 0 Å². The van der Waals surface area contributed by atoms with Crippen LogP contribution in [0.3, 0.4) is 0 Å². The molecule has 0 radical (unpaired) electrons. The lowest BCUT2D eigenvalue weighted by atomic mass is 10.0. The van der Waals surface area contributed by atoms with E-state index in [0.717, 1.165) is 6.42 Å².